The van der Waals surface area contributed by atoms with Crippen LogP contribution in [0.25, 0.3) is 0 Å². The van der Waals surface area contributed by atoms with Crippen molar-refractivity contribution in [2.45, 2.75) is 37.6 Å². The molecule has 1 aliphatic rings. The molecule has 0 aromatic heterocycles. The molecular weight excluding hydrogens is 292 g/mol. The van der Waals surface area contributed by atoms with Gasteiger partial charge in [0.25, 0.3) is 0 Å². The Hall–Kier alpha value is -1.59. The minimum absolute atomic E-state index is 0.155. The number of ether oxygens (including phenoxy) is 1. The van der Waals surface area contributed by atoms with Crippen LogP contribution in [0.2, 0.25) is 5.02 Å². The van der Waals surface area contributed by atoms with E-state index in [1.807, 2.05) is 0 Å². The van der Waals surface area contributed by atoms with Crippen LogP contribution in [0.1, 0.15) is 42.5 Å². The van der Waals surface area contributed by atoms with E-state index >= 15 is 0 Å². The lowest BCUT2D eigenvalue weighted by atomic mass is 9.94. The Bertz CT molecular complexity index is 554. The molecule has 0 unspecified atom stereocenters. The van der Waals surface area contributed by atoms with Crippen molar-refractivity contribution in [3.05, 3.63) is 28.8 Å². The van der Waals surface area contributed by atoms with Crippen LogP contribution in [0.4, 0.5) is 5.69 Å². The van der Waals surface area contributed by atoms with E-state index in [-0.39, 0.29) is 22.9 Å². The van der Waals surface area contributed by atoms with Crippen molar-refractivity contribution in [3.8, 4) is 0 Å². The predicted molar refractivity (Wildman–Crippen MR) is 81.4 cm³/mol. The highest BCUT2D eigenvalue weighted by molar-refractivity contribution is 6.33. The Morgan fingerprint density at radius 2 is 2.05 bits per heavy atom. The SMILES string of the molecule is COC(=O)c1cc(NC(=O)CC2(N)CCCC2)ccc1Cl. The highest BCUT2D eigenvalue weighted by Crippen LogP contribution is 2.30. The number of anilines is 1. The Kier molecular flexibility index (Phi) is 4.85. The number of hydrogen-bond acceptors (Lipinski definition) is 4. The molecule has 0 bridgehead atoms. The third-order valence-corrected chi connectivity index (χ3v) is 4.10. The van der Waals surface area contributed by atoms with Crippen LogP contribution in [0.15, 0.2) is 18.2 Å². The van der Waals surface area contributed by atoms with Gasteiger partial charge in [-0.25, -0.2) is 4.79 Å². The lowest BCUT2D eigenvalue weighted by molar-refractivity contribution is -0.117. The van der Waals surface area contributed by atoms with Crippen LogP contribution in [-0.2, 0) is 9.53 Å². The molecule has 1 fully saturated rings. The molecule has 5 nitrogen and oxygen atoms in total. The molecule has 1 amide bonds. The molecule has 0 atom stereocenters. The van der Waals surface area contributed by atoms with Gasteiger partial charge in [0, 0.05) is 17.6 Å². The summed E-state index contributed by atoms with van der Waals surface area (Å²) in [7, 11) is 1.28. The van der Waals surface area contributed by atoms with Crippen LogP contribution in [0, 0.1) is 0 Å². The molecule has 0 spiro atoms. The fourth-order valence-electron chi connectivity index (χ4n) is 2.65. The molecule has 1 aromatic rings. The maximum Gasteiger partial charge on any atom is 0.339 e. The van der Waals surface area contributed by atoms with Gasteiger partial charge in [-0.1, -0.05) is 24.4 Å². The normalized spacial score (nSPS) is 16.5. The Labute approximate surface area is 128 Å². The first-order valence-corrected chi connectivity index (χ1v) is 7.28. The number of hydrogen-bond donors (Lipinski definition) is 2. The second-order valence-corrected chi connectivity index (χ2v) is 5.89. The fraction of sp³-hybridized carbons (Fsp3) is 0.467. The summed E-state index contributed by atoms with van der Waals surface area (Å²) in [6.45, 7) is 0. The lowest BCUT2D eigenvalue weighted by Crippen LogP contribution is -2.40. The average Bonchev–Trinajstić information content (AvgIpc) is 2.86. The van der Waals surface area contributed by atoms with Crippen molar-refractivity contribution in [2.75, 3.05) is 12.4 Å². The number of rotatable bonds is 4. The largest absolute Gasteiger partial charge is 0.465 e. The predicted octanol–water partition coefficient (Wildman–Crippen LogP) is 2.73. The summed E-state index contributed by atoms with van der Waals surface area (Å²) in [5.74, 6) is -0.695. The average molecular weight is 311 g/mol. The van der Waals surface area contributed by atoms with Gasteiger partial charge in [0.15, 0.2) is 0 Å². The molecule has 1 aromatic carbocycles. The van der Waals surface area contributed by atoms with Crippen LogP contribution in [-0.4, -0.2) is 24.5 Å². The fourth-order valence-corrected chi connectivity index (χ4v) is 2.84. The summed E-state index contributed by atoms with van der Waals surface area (Å²) in [6.07, 6.45) is 4.15. The van der Waals surface area contributed by atoms with Gasteiger partial charge >= 0.3 is 5.97 Å². The van der Waals surface area contributed by atoms with Gasteiger partial charge < -0.3 is 15.8 Å². The molecule has 6 heteroatoms. The molecule has 0 heterocycles. The molecule has 0 radical (unpaired) electrons. The van der Waals surface area contributed by atoms with Gasteiger partial charge in [-0.15, -0.1) is 0 Å². The summed E-state index contributed by atoms with van der Waals surface area (Å²) in [6, 6.07) is 4.70. The molecule has 0 aliphatic heterocycles. The number of amides is 1. The molecule has 114 valence electrons. The zero-order valence-corrected chi connectivity index (χ0v) is 12.7. The van der Waals surface area contributed by atoms with Crippen molar-refractivity contribution in [1.29, 1.82) is 0 Å². The minimum Gasteiger partial charge on any atom is -0.465 e. The molecular formula is C15H19ClN2O3. The van der Waals surface area contributed by atoms with Crippen LogP contribution >= 0.6 is 11.6 Å². The van der Waals surface area contributed by atoms with E-state index in [1.165, 1.54) is 13.2 Å². The zero-order valence-electron chi connectivity index (χ0n) is 11.9. The number of methoxy groups -OCH3 is 1. The van der Waals surface area contributed by atoms with E-state index < -0.39 is 11.5 Å². The number of esters is 1. The van der Waals surface area contributed by atoms with E-state index in [9.17, 15) is 9.59 Å². The van der Waals surface area contributed by atoms with Crippen molar-refractivity contribution in [1.82, 2.24) is 0 Å². The summed E-state index contributed by atoms with van der Waals surface area (Å²) < 4.78 is 4.64. The van der Waals surface area contributed by atoms with Gasteiger partial charge in [0.05, 0.1) is 17.7 Å². The quantitative estimate of drug-likeness (QED) is 0.838. The third-order valence-electron chi connectivity index (χ3n) is 3.77. The molecule has 1 aliphatic carbocycles. The zero-order chi connectivity index (χ0) is 15.5. The number of halogens is 1. The minimum atomic E-state index is -0.540. The Morgan fingerprint density at radius 1 is 1.38 bits per heavy atom. The topological polar surface area (TPSA) is 81.4 Å². The maximum atomic E-state index is 12.1. The molecule has 21 heavy (non-hydrogen) atoms. The van der Waals surface area contributed by atoms with E-state index in [0.717, 1.165) is 25.7 Å². The number of nitrogens with two attached hydrogens (primary N) is 1. The summed E-state index contributed by atoms with van der Waals surface area (Å²) in [5, 5.41) is 3.04. The lowest BCUT2D eigenvalue weighted by Gasteiger charge is -2.22. The molecule has 3 N–H and O–H groups in total. The van der Waals surface area contributed by atoms with E-state index in [0.29, 0.717) is 5.69 Å². The highest BCUT2D eigenvalue weighted by Gasteiger charge is 2.31. The van der Waals surface area contributed by atoms with Gasteiger partial charge in [-0.3, -0.25) is 4.79 Å². The summed E-state index contributed by atoms with van der Waals surface area (Å²) in [5.41, 5.74) is 6.51. The van der Waals surface area contributed by atoms with Crippen molar-refractivity contribution >= 4 is 29.2 Å². The van der Waals surface area contributed by atoms with Gasteiger partial charge in [-0.05, 0) is 31.0 Å². The first kappa shape index (κ1) is 15.8. The van der Waals surface area contributed by atoms with Crippen LogP contribution in [0.5, 0.6) is 0 Å². The van der Waals surface area contributed by atoms with E-state index in [2.05, 4.69) is 10.1 Å². The monoisotopic (exact) mass is 310 g/mol. The number of nitrogens with one attached hydrogen (secondary N) is 1. The Morgan fingerprint density at radius 3 is 2.67 bits per heavy atom. The van der Waals surface area contributed by atoms with Gasteiger partial charge in [-0.2, -0.15) is 0 Å². The van der Waals surface area contributed by atoms with Gasteiger partial charge in [0.2, 0.25) is 5.91 Å². The van der Waals surface area contributed by atoms with Crippen molar-refractivity contribution in [3.63, 3.8) is 0 Å². The van der Waals surface area contributed by atoms with Crippen LogP contribution in [0.3, 0.4) is 0 Å². The van der Waals surface area contributed by atoms with Gasteiger partial charge in [0.1, 0.15) is 0 Å². The first-order valence-electron chi connectivity index (χ1n) is 6.90. The van der Waals surface area contributed by atoms with Crippen molar-refractivity contribution < 1.29 is 14.3 Å². The number of benzene rings is 1. The first-order chi connectivity index (χ1) is 9.93. The second kappa shape index (κ2) is 6.45. The second-order valence-electron chi connectivity index (χ2n) is 5.48. The highest BCUT2D eigenvalue weighted by atomic mass is 35.5. The smallest absolute Gasteiger partial charge is 0.339 e. The Balaban J connectivity index is 2.05. The maximum absolute atomic E-state index is 12.1. The molecule has 2 rings (SSSR count). The third kappa shape index (κ3) is 3.95. The van der Waals surface area contributed by atoms with E-state index in [4.69, 9.17) is 17.3 Å². The van der Waals surface area contributed by atoms with E-state index in [1.54, 1.807) is 12.1 Å². The number of carbonyl (C=O) groups excluding carboxylic acids is 2. The van der Waals surface area contributed by atoms with Crippen molar-refractivity contribution in [2.24, 2.45) is 5.73 Å². The van der Waals surface area contributed by atoms with Crippen LogP contribution < -0.4 is 11.1 Å². The summed E-state index contributed by atoms with van der Waals surface area (Å²) in [4.78, 5) is 23.6. The molecule has 1 saturated carbocycles. The molecule has 0 saturated heterocycles. The number of carbonyl (C=O) groups is 2. The summed E-state index contributed by atoms with van der Waals surface area (Å²) >= 11 is 5.93. The standard InChI is InChI=1S/C15H19ClN2O3/c1-21-14(20)11-8-10(4-5-12(11)16)18-13(19)9-15(17)6-2-3-7-15/h4-5,8H,2-3,6-7,9,17H2,1H3,(H,18,19).